The molecule has 0 spiro atoms. The van der Waals surface area contributed by atoms with E-state index in [1.54, 1.807) is 6.33 Å². The summed E-state index contributed by atoms with van der Waals surface area (Å²) in [6.07, 6.45) is 2.49. The van der Waals surface area contributed by atoms with Crippen molar-refractivity contribution in [1.82, 2.24) is 15.0 Å². The van der Waals surface area contributed by atoms with E-state index in [1.807, 2.05) is 0 Å². The summed E-state index contributed by atoms with van der Waals surface area (Å²) in [6.45, 7) is 0.603. The minimum absolute atomic E-state index is 0.573. The van der Waals surface area contributed by atoms with Gasteiger partial charge in [-0.1, -0.05) is 11.3 Å². The van der Waals surface area contributed by atoms with Crippen molar-refractivity contribution in [1.29, 1.82) is 0 Å². The number of aromatic nitrogens is 3. The van der Waals surface area contributed by atoms with Crippen molar-refractivity contribution in [3.05, 3.63) is 18.0 Å². The average Bonchev–Trinajstić information content (AvgIpc) is 2.83. The maximum atomic E-state index is 5.75. The molecule has 0 fully saturated rings. The lowest BCUT2D eigenvalue weighted by atomic mass is 10.1. The fourth-order valence-corrected chi connectivity index (χ4v) is 2.78. The van der Waals surface area contributed by atoms with Gasteiger partial charge in [0.25, 0.3) is 0 Å². The Balaban J connectivity index is 2.44. The smallest absolute Gasteiger partial charge is 0.181 e. The van der Waals surface area contributed by atoms with E-state index in [4.69, 9.17) is 11.5 Å². The van der Waals surface area contributed by atoms with Crippen LogP contribution in [0.25, 0.3) is 21.3 Å². The highest BCUT2D eigenvalue weighted by Gasteiger charge is 2.12. The molecule has 0 unspecified atom stereocenters. The highest BCUT2D eigenvalue weighted by molar-refractivity contribution is 7.22. The van der Waals surface area contributed by atoms with Crippen molar-refractivity contribution in [2.75, 3.05) is 12.3 Å². The number of aromatic amines is 1. The number of thiazole rings is 1. The molecule has 16 heavy (non-hydrogen) atoms. The Kier molecular flexibility index (Phi) is 2.05. The summed E-state index contributed by atoms with van der Waals surface area (Å²) in [7, 11) is 0. The van der Waals surface area contributed by atoms with E-state index in [9.17, 15) is 0 Å². The molecule has 0 radical (unpaired) electrons. The molecule has 3 rings (SSSR count). The molecule has 0 aliphatic heterocycles. The third kappa shape index (κ3) is 1.27. The van der Waals surface area contributed by atoms with Crippen LogP contribution in [0.15, 0.2) is 12.4 Å². The lowest BCUT2D eigenvalue weighted by molar-refractivity contribution is 0.976. The number of nitrogens with zero attached hydrogens (tertiary/aromatic N) is 2. The number of nitrogens with one attached hydrogen (secondary N) is 1. The van der Waals surface area contributed by atoms with Crippen molar-refractivity contribution < 1.29 is 0 Å². The van der Waals surface area contributed by atoms with Crippen LogP contribution < -0.4 is 11.5 Å². The van der Waals surface area contributed by atoms with Crippen molar-refractivity contribution in [3.63, 3.8) is 0 Å². The van der Waals surface area contributed by atoms with E-state index in [1.165, 1.54) is 11.3 Å². The first-order valence-electron chi connectivity index (χ1n) is 5.00. The number of rotatable bonds is 2. The van der Waals surface area contributed by atoms with Crippen molar-refractivity contribution in [2.24, 2.45) is 5.73 Å². The molecule has 5 N–H and O–H groups in total. The van der Waals surface area contributed by atoms with Gasteiger partial charge in [0.15, 0.2) is 5.13 Å². The van der Waals surface area contributed by atoms with Gasteiger partial charge >= 0.3 is 0 Å². The number of fused-ring (bicyclic) bond motifs is 3. The van der Waals surface area contributed by atoms with Crippen LogP contribution in [0.4, 0.5) is 5.13 Å². The van der Waals surface area contributed by atoms with Gasteiger partial charge in [0, 0.05) is 0 Å². The number of nitrogen functional groups attached to an aromatic ring is 1. The second-order valence-electron chi connectivity index (χ2n) is 3.60. The normalized spacial score (nSPS) is 11.6. The van der Waals surface area contributed by atoms with Crippen LogP contribution >= 0.6 is 11.3 Å². The summed E-state index contributed by atoms with van der Waals surface area (Å²) in [6, 6.07) is 2.05. The van der Waals surface area contributed by atoms with Gasteiger partial charge < -0.3 is 16.5 Å². The predicted molar refractivity (Wildman–Crippen MR) is 66.4 cm³/mol. The zero-order valence-electron chi connectivity index (χ0n) is 8.53. The lowest BCUT2D eigenvalue weighted by Crippen LogP contribution is -2.03. The first kappa shape index (κ1) is 9.56. The van der Waals surface area contributed by atoms with Gasteiger partial charge in [-0.15, -0.1) is 0 Å². The van der Waals surface area contributed by atoms with Crippen LogP contribution in [0.1, 0.15) is 5.56 Å². The zero-order valence-corrected chi connectivity index (χ0v) is 9.34. The standard InChI is InChI=1S/C10H11N5S/c11-2-1-5-3-6-8(14-4-13-6)9-7(5)15-10(12)16-9/h3-4H,1-2,11H2,(H2,12,15)(H,13,14). The van der Waals surface area contributed by atoms with Crippen LogP contribution in [0, 0.1) is 0 Å². The molecule has 3 aromatic rings. The summed E-state index contributed by atoms with van der Waals surface area (Å²) in [5, 5.41) is 0.573. The molecular weight excluding hydrogens is 222 g/mol. The second kappa shape index (κ2) is 3.43. The molecule has 0 saturated heterocycles. The first-order valence-corrected chi connectivity index (χ1v) is 5.82. The van der Waals surface area contributed by atoms with E-state index in [2.05, 4.69) is 21.0 Å². The number of benzene rings is 1. The summed E-state index contributed by atoms with van der Waals surface area (Å²) in [4.78, 5) is 11.7. The summed E-state index contributed by atoms with van der Waals surface area (Å²) < 4.78 is 1.04. The highest BCUT2D eigenvalue weighted by Crippen LogP contribution is 2.32. The zero-order chi connectivity index (χ0) is 11.1. The second-order valence-corrected chi connectivity index (χ2v) is 4.63. The maximum Gasteiger partial charge on any atom is 0.181 e. The van der Waals surface area contributed by atoms with Crippen LogP contribution in [0.2, 0.25) is 0 Å². The molecule has 0 aliphatic carbocycles. The molecule has 6 heteroatoms. The lowest BCUT2D eigenvalue weighted by Gasteiger charge is -2.00. The van der Waals surface area contributed by atoms with Crippen LogP contribution in [0.5, 0.6) is 0 Å². The largest absolute Gasteiger partial charge is 0.375 e. The molecule has 0 atom stereocenters. The maximum absolute atomic E-state index is 5.75. The SMILES string of the molecule is NCCc1cc2[nH]cnc2c2sc(N)nc12. The molecule has 2 heterocycles. The van der Waals surface area contributed by atoms with Gasteiger partial charge in [-0.25, -0.2) is 9.97 Å². The van der Waals surface area contributed by atoms with Gasteiger partial charge in [0.1, 0.15) is 5.52 Å². The van der Waals surface area contributed by atoms with Crippen LogP contribution in [-0.4, -0.2) is 21.5 Å². The van der Waals surface area contributed by atoms with Gasteiger partial charge in [-0.2, -0.15) is 0 Å². The number of nitrogens with two attached hydrogens (primary N) is 2. The average molecular weight is 233 g/mol. The summed E-state index contributed by atoms with van der Waals surface area (Å²) in [5.74, 6) is 0. The molecule has 0 bridgehead atoms. The summed E-state index contributed by atoms with van der Waals surface area (Å²) in [5.41, 5.74) is 15.4. The van der Waals surface area contributed by atoms with Crippen molar-refractivity contribution in [3.8, 4) is 0 Å². The van der Waals surface area contributed by atoms with E-state index in [0.29, 0.717) is 11.7 Å². The minimum atomic E-state index is 0.573. The van der Waals surface area contributed by atoms with E-state index in [-0.39, 0.29) is 0 Å². The molecule has 2 aromatic heterocycles. The molecule has 82 valence electrons. The van der Waals surface area contributed by atoms with E-state index >= 15 is 0 Å². The van der Waals surface area contributed by atoms with Crippen LogP contribution in [0.3, 0.4) is 0 Å². The monoisotopic (exact) mass is 233 g/mol. The number of imidazole rings is 1. The molecule has 5 nitrogen and oxygen atoms in total. The molecule has 1 aromatic carbocycles. The fraction of sp³-hybridized carbons (Fsp3) is 0.200. The first-order chi connectivity index (χ1) is 7.79. The Morgan fingerprint density at radius 3 is 3.06 bits per heavy atom. The highest BCUT2D eigenvalue weighted by atomic mass is 32.1. The fourth-order valence-electron chi connectivity index (χ4n) is 1.90. The van der Waals surface area contributed by atoms with Gasteiger partial charge in [-0.3, -0.25) is 0 Å². The van der Waals surface area contributed by atoms with E-state index < -0.39 is 0 Å². The van der Waals surface area contributed by atoms with E-state index in [0.717, 1.165) is 33.2 Å². The molecule has 0 aliphatic rings. The Bertz CT molecular complexity index is 654. The molecule has 0 saturated carbocycles. The number of hydrogen-bond acceptors (Lipinski definition) is 5. The Labute approximate surface area is 95.5 Å². The van der Waals surface area contributed by atoms with Gasteiger partial charge in [0.05, 0.1) is 22.1 Å². The van der Waals surface area contributed by atoms with Crippen LogP contribution in [-0.2, 0) is 6.42 Å². The minimum Gasteiger partial charge on any atom is -0.375 e. The Morgan fingerprint density at radius 1 is 1.38 bits per heavy atom. The van der Waals surface area contributed by atoms with Gasteiger partial charge in [-0.05, 0) is 24.6 Å². The topological polar surface area (TPSA) is 93.6 Å². The number of anilines is 1. The Hall–Kier alpha value is -1.66. The van der Waals surface area contributed by atoms with Gasteiger partial charge in [0.2, 0.25) is 0 Å². The molecular formula is C10H11N5S. The number of H-pyrrole nitrogens is 1. The predicted octanol–water partition coefficient (Wildman–Crippen LogP) is 1.26. The van der Waals surface area contributed by atoms with Crippen molar-refractivity contribution >= 4 is 37.7 Å². The Morgan fingerprint density at radius 2 is 2.25 bits per heavy atom. The molecule has 0 amide bonds. The third-order valence-electron chi connectivity index (χ3n) is 2.56. The quantitative estimate of drug-likeness (QED) is 0.621. The third-order valence-corrected chi connectivity index (χ3v) is 3.46. The number of hydrogen-bond donors (Lipinski definition) is 3. The van der Waals surface area contributed by atoms with Crippen molar-refractivity contribution in [2.45, 2.75) is 6.42 Å². The summed E-state index contributed by atoms with van der Waals surface area (Å²) >= 11 is 1.47.